The first kappa shape index (κ1) is 11.3. The average Bonchev–Trinajstić information content (AvgIpc) is 1.85. The zero-order valence-corrected chi connectivity index (χ0v) is 7.73. The predicted molar refractivity (Wildman–Crippen MR) is 50.0 cm³/mol. The van der Waals surface area contributed by atoms with Gasteiger partial charge in [0.2, 0.25) is 0 Å². The van der Waals surface area contributed by atoms with Gasteiger partial charge in [-0.3, -0.25) is 4.79 Å². The largest absolute Gasteiger partial charge is 0.481 e. The van der Waals surface area contributed by atoms with E-state index in [0.29, 0.717) is 5.02 Å². The Morgan fingerprint density at radius 3 is 2.67 bits per heavy atom. The Morgan fingerprint density at radius 2 is 2.17 bits per heavy atom. The van der Waals surface area contributed by atoms with Crippen molar-refractivity contribution in [1.29, 1.82) is 0 Å². The van der Waals surface area contributed by atoms with Crippen LogP contribution in [0, 0.1) is 0 Å². The molecule has 0 aliphatic carbocycles. The highest BCUT2D eigenvalue weighted by molar-refractivity contribution is 6.30. The molecular formula is C8H8Cl2O2. The highest BCUT2D eigenvalue weighted by Gasteiger charge is 1.99. The molecule has 0 unspecified atom stereocenters. The van der Waals surface area contributed by atoms with Gasteiger partial charge in [-0.05, 0) is 17.7 Å². The Morgan fingerprint density at radius 1 is 1.50 bits per heavy atom. The fraction of sp³-hybridized carbons (Fsp3) is 0.125. The average molecular weight is 207 g/mol. The molecule has 0 aliphatic heterocycles. The topological polar surface area (TPSA) is 37.3 Å². The van der Waals surface area contributed by atoms with E-state index in [2.05, 4.69) is 0 Å². The lowest BCUT2D eigenvalue weighted by atomic mass is 10.2. The molecule has 0 heterocycles. The summed E-state index contributed by atoms with van der Waals surface area (Å²) in [6.45, 7) is 0. The summed E-state index contributed by atoms with van der Waals surface area (Å²) in [5, 5.41) is 8.99. The summed E-state index contributed by atoms with van der Waals surface area (Å²) in [5.74, 6) is -0.840. The maximum absolute atomic E-state index is 10.2. The van der Waals surface area contributed by atoms with Gasteiger partial charge in [-0.25, -0.2) is 0 Å². The highest BCUT2D eigenvalue weighted by Crippen LogP contribution is 2.10. The molecule has 0 saturated carbocycles. The fourth-order valence-electron chi connectivity index (χ4n) is 0.822. The second-order valence-electron chi connectivity index (χ2n) is 2.20. The number of carboxylic acids is 1. The fourth-order valence-corrected chi connectivity index (χ4v) is 1.03. The first-order chi connectivity index (χ1) is 5.18. The molecule has 0 saturated heterocycles. The van der Waals surface area contributed by atoms with Crippen molar-refractivity contribution in [3.63, 3.8) is 0 Å². The van der Waals surface area contributed by atoms with Crippen LogP contribution in [0.4, 0.5) is 0 Å². The molecule has 0 atom stereocenters. The van der Waals surface area contributed by atoms with Crippen molar-refractivity contribution >= 4 is 30.0 Å². The van der Waals surface area contributed by atoms with Crippen LogP contribution >= 0.6 is 24.0 Å². The van der Waals surface area contributed by atoms with Gasteiger partial charge in [0.15, 0.2) is 0 Å². The van der Waals surface area contributed by atoms with Gasteiger partial charge >= 0.3 is 5.97 Å². The minimum atomic E-state index is -0.840. The van der Waals surface area contributed by atoms with Crippen LogP contribution in [-0.2, 0) is 11.2 Å². The van der Waals surface area contributed by atoms with Gasteiger partial charge in [-0.2, -0.15) is 0 Å². The molecule has 0 radical (unpaired) electrons. The van der Waals surface area contributed by atoms with Crippen molar-refractivity contribution in [3.05, 3.63) is 34.9 Å². The lowest BCUT2D eigenvalue weighted by molar-refractivity contribution is -0.136. The van der Waals surface area contributed by atoms with E-state index in [9.17, 15) is 4.79 Å². The Labute approximate surface area is 81.6 Å². The monoisotopic (exact) mass is 206 g/mol. The van der Waals surface area contributed by atoms with E-state index in [1.807, 2.05) is 0 Å². The van der Waals surface area contributed by atoms with Gasteiger partial charge in [0.1, 0.15) is 0 Å². The SMILES string of the molecule is Cl.O=C(O)Cc1cccc(Cl)c1. The van der Waals surface area contributed by atoms with Crippen LogP contribution in [0.1, 0.15) is 5.56 Å². The number of carbonyl (C=O) groups is 1. The standard InChI is InChI=1S/C8H7ClO2.ClH/c9-7-3-1-2-6(4-7)5-8(10)11;/h1-4H,5H2,(H,10,11);1H. The van der Waals surface area contributed by atoms with Crippen LogP contribution in [0.3, 0.4) is 0 Å². The number of hydrogen-bond donors (Lipinski definition) is 1. The van der Waals surface area contributed by atoms with Gasteiger partial charge < -0.3 is 5.11 Å². The zero-order chi connectivity index (χ0) is 8.27. The first-order valence-electron chi connectivity index (χ1n) is 3.15. The number of hydrogen-bond acceptors (Lipinski definition) is 1. The summed E-state index contributed by atoms with van der Waals surface area (Å²) >= 11 is 5.64. The summed E-state index contributed by atoms with van der Waals surface area (Å²) in [5.41, 5.74) is 0.727. The van der Waals surface area contributed by atoms with Crippen molar-refractivity contribution in [1.82, 2.24) is 0 Å². The number of aliphatic carboxylic acids is 1. The number of benzene rings is 1. The summed E-state index contributed by atoms with van der Waals surface area (Å²) in [7, 11) is 0. The van der Waals surface area contributed by atoms with Crippen LogP contribution in [0.25, 0.3) is 0 Å². The summed E-state index contributed by atoms with van der Waals surface area (Å²) < 4.78 is 0. The maximum atomic E-state index is 10.2. The van der Waals surface area contributed by atoms with Gasteiger partial charge in [-0.1, -0.05) is 23.7 Å². The normalized spacial score (nSPS) is 8.75. The molecule has 0 aromatic heterocycles. The van der Waals surface area contributed by atoms with E-state index in [1.165, 1.54) is 0 Å². The van der Waals surface area contributed by atoms with E-state index in [0.717, 1.165) is 5.56 Å². The summed E-state index contributed by atoms with van der Waals surface area (Å²) in [4.78, 5) is 10.2. The molecular weight excluding hydrogens is 199 g/mol. The van der Waals surface area contributed by atoms with E-state index in [1.54, 1.807) is 24.3 Å². The molecule has 0 spiro atoms. The molecule has 0 bridgehead atoms. The van der Waals surface area contributed by atoms with Crippen molar-refractivity contribution in [2.45, 2.75) is 6.42 Å². The molecule has 66 valence electrons. The van der Waals surface area contributed by atoms with Crippen LogP contribution in [0.5, 0.6) is 0 Å². The van der Waals surface area contributed by atoms with Crippen molar-refractivity contribution < 1.29 is 9.90 Å². The van der Waals surface area contributed by atoms with Crippen LogP contribution in [-0.4, -0.2) is 11.1 Å². The third-order valence-electron chi connectivity index (χ3n) is 1.24. The smallest absolute Gasteiger partial charge is 0.307 e. The number of halogens is 2. The van der Waals surface area contributed by atoms with Gasteiger partial charge in [-0.15, -0.1) is 12.4 Å². The number of rotatable bonds is 2. The lowest BCUT2D eigenvalue weighted by Gasteiger charge is -1.95. The van der Waals surface area contributed by atoms with Crippen molar-refractivity contribution in [3.8, 4) is 0 Å². The maximum Gasteiger partial charge on any atom is 0.307 e. The van der Waals surface area contributed by atoms with E-state index in [-0.39, 0.29) is 18.8 Å². The Balaban J connectivity index is 0.00000121. The molecule has 1 rings (SSSR count). The molecule has 0 amide bonds. The van der Waals surface area contributed by atoms with E-state index < -0.39 is 5.97 Å². The third kappa shape index (κ3) is 3.60. The quantitative estimate of drug-likeness (QED) is 0.808. The minimum absolute atomic E-state index is 0. The molecule has 0 fully saturated rings. The Bertz CT molecular complexity index is 274. The molecule has 1 aromatic carbocycles. The van der Waals surface area contributed by atoms with Crippen LogP contribution in [0.15, 0.2) is 24.3 Å². The second kappa shape index (κ2) is 5.01. The minimum Gasteiger partial charge on any atom is -0.481 e. The van der Waals surface area contributed by atoms with E-state index >= 15 is 0 Å². The Kier molecular flexibility index (Phi) is 4.71. The molecule has 12 heavy (non-hydrogen) atoms. The zero-order valence-electron chi connectivity index (χ0n) is 6.16. The molecule has 1 aromatic rings. The van der Waals surface area contributed by atoms with Gasteiger partial charge in [0.05, 0.1) is 6.42 Å². The number of carboxylic acid groups (broad SMARTS) is 1. The lowest BCUT2D eigenvalue weighted by Crippen LogP contribution is -1.99. The van der Waals surface area contributed by atoms with Gasteiger partial charge in [0, 0.05) is 5.02 Å². The third-order valence-corrected chi connectivity index (χ3v) is 1.48. The van der Waals surface area contributed by atoms with E-state index in [4.69, 9.17) is 16.7 Å². The molecule has 0 aliphatic rings. The van der Waals surface area contributed by atoms with Crippen LogP contribution in [0.2, 0.25) is 5.02 Å². The highest BCUT2D eigenvalue weighted by atomic mass is 35.5. The van der Waals surface area contributed by atoms with Gasteiger partial charge in [0.25, 0.3) is 0 Å². The van der Waals surface area contributed by atoms with Crippen molar-refractivity contribution in [2.24, 2.45) is 0 Å². The Hall–Kier alpha value is -0.730. The predicted octanol–water partition coefficient (Wildman–Crippen LogP) is 2.39. The van der Waals surface area contributed by atoms with Crippen molar-refractivity contribution in [2.75, 3.05) is 0 Å². The second-order valence-corrected chi connectivity index (χ2v) is 2.64. The first-order valence-corrected chi connectivity index (χ1v) is 3.52. The summed E-state index contributed by atoms with van der Waals surface area (Å²) in [6.07, 6.45) is 0.0283. The van der Waals surface area contributed by atoms with Crippen LogP contribution < -0.4 is 0 Å². The molecule has 1 N–H and O–H groups in total. The summed E-state index contributed by atoms with van der Waals surface area (Å²) in [6, 6.07) is 6.84. The molecule has 4 heteroatoms. The molecule has 2 nitrogen and oxygen atoms in total.